The van der Waals surface area contributed by atoms with Crippen LogP contribution in [0.4, 0.5) is 11.5 Å². The van der Waals surface area contributed by atoms with Crippen molar-refractivity contribution in [3.8, 4) is 23.2 Å². The number of fused-ring (bicyclic) bond motifs is 1. The first-order chi connectivity index (χ1) is 16.4. The first-order valence-corrected chi connectivity index (χ1v) is 11.4. The van der Waals surface area contributed by atoms with Crippen LogP contribution in [0.3, 0.4) is 0 Å². The Bertz CT molecular complexity index is 1300. The molecule has 0 atom stereocenters. The van der Waals surface area contributed by atoms with Crippen LogP contribution in [0.25, 0.3) is 17.5 Å². The van der Waals surface area contributed by atoms with Gasteiger partial charge in [0.2, 0.25) is 0 Å². The molecule has 9 nitrogen and oxygen atoms in total. The molecule has 0 aliphatic carbocycles. The van der Waals surface area contributed by atoms with Crippen LogP contribution in [-0.4, -0.2) is 45.0 Å². The van der Waals surface area contributed by atoms with Crippen LogP contribution in [0.1, 0.15) is 30.2 Å². The molecule has 0 radical (unpaired) electrons. The number of aryl methyl sites for hydroxylation is 2. The molecule has 1 N–H and O–H groups in total. The number of benzene rings is 1. The van der Waals surface area contributed by atoms with E-state index in [1.165, 1.54) is 0 Å². The number of aromatic nitrogens is 4. The zero-order chi connectivity index (χ0) is 23.9. The summed E-state index contributed by atoms with van der Waals surface area (Å²) in [7, 11) is 3.57. The van der Waals surface area contributed by atoms with Crippen LogP contribution in [0, 0.1) is 23.7 Å². The zero-order valence-electron chi connectivity index (χ0n) is 19.9. The maximum Gasteiger partial charge on any atom is 0.163 e. The van der Waals surface area contributed by atoms with E-state index >= 15 is 0 Å². The van der Waals surface area contributed by atoms with Gasteiger partial charge in [0.1, 0.15) is 17.9 Å². The Morgan fingerprint density at radius 3 is 2.76 bits per heavy atom. The third-order valence-electron chi connectivity index (χ3n) is 6.66. The maximum atomic E-state index is 9.60. The van der Waals surface area contributed by atoms with Gasteiger partial charge in [-0.2, -0.15) is 5.26 Å². The molecular formula is C25H28N8O. The van der Waals surface area contributed by atoms with Crippen molar-refractivity contribution in [3.05, 3.63) is 53.6 Å². The summed E-state index contributed by atoms with van der Waals surface area (Å²) in [4.78, 5) is 7.08. The van der Waals surface area contributed by atoms with Crippen molar-refractivity contribution in [1.29, 1.82) is 5.26 Å². The highest BCUT2D eigenvalue weighted by Gasteiger charge is 2.43. The van der Waals surface area contributed by atoms with Crippen LogP contribution in [0.2, 0.25) is 0 Å². The Labute approximate surface area is 199 Å². The van der Waals surface area contributed by atoms with Crippen molar-refractivity contribution >= 4 is 17.6 Å². The van der Waals surface area contributed by atoms with Crippen molar-refractivity contribution in [3.63, 3.8) is 0 Å². The highest BCUT2D eigenvalue weighted by Crippen LogP contribution is 2.40. The van der Waals surface area contributed by atoms with Gasteiger partial charge >= 0.3 is 0 Å². The van der Waals surface area contributed by atoms with Crippen LogP contribution < -0.4 is 15.1 Å². The van der Waals surface area contributed by atoms with Crippen molar-refractivity contribution in [2.75, 3.05) is 30.5 Å². The van der Waals surface area contributed by atoms with Crippen LogP contribution in [0.15, 0.2) is 36.8 Å². The summed E-state index contributed by atoms with van der Waals surface area (Å²) in [5, 5.41) is 19.8. The molecule has 0 spiro atoms. The number of pyridine rings is 1. The molecule has 4 heterocycles. The lowest BCUT2D eigenvalue weighted by Gasteiger charge is -2.47. The van der Waals surface area contributed by atoms with Crippen molar-refractivity contribution < 1.29 is 4.74 Å². The predicted octanol–water partition coefficient (Wildman–Crippen LogP) is 3.75. The molecule has 0 saturated carbocycles. The maximum absolute atomic E-state index is 9.60. The normalized spacial score (nSPS) is 16.0. The predicted molar refractivity (Wildman–Crippen MR) is 131 cm³/mol. The molecule has 1 aromatic carbocycles. The lowest BCUT2D eigenvalue weighted by Crippen LogP contribution is -2.56. The molecule has 0 unspecified atom stereocenters. The molecule has 2 aromatic heterocycles. The number of methoxy groups -OCH3 is 1. The molecule has 3 aromatic rings. The quantitative estimate of drug-likeness (QED) is 0.599. The summed E-state index contributed by atoms with van der Waals surface area (Å²) < 4.78 is 7.54. The third kappa shape index (κ3) is 3.71. The number of anilines is 2. The second-order valence-electron chi connectivity index (χ2n) is 8.99. The number of nitrogens with zero attached hydrogens (tertiary/aromatic N) is 7. The summed E-state index contributed by atoms with van der Waals surface area (Å²) in [6.07, 6.45) is 6.66. The number of nitriles is 1. The Kier molecular flexibility index (Phi) is 5.36. The highest BCUT2D eigenvalue weighted by molar-refractivity contribution is 5.69. The van der Waals surface area contributed by atoms with Gasteiger partial charge in [0.25, 0.3) is 0 Å². The number of rotatable bonds is 6. The first-order valence-electron chi connectivity index (χ1n) is 11.4. The summed E-state index contributed by atoms with van der Waals surface area (Å²) in [5.74, 6) is 2.46. The summed E-state index contributed by atoms with van der Waals surface area (Å²) >= 11 is 0. The molecule has 1 saturated heterocycles. The fourth-order valence-corrected chi connectivity index (χ4v) is 4.58. The van der Waals surface area contributed by atoms with Gasteiger partial charge in [-0.3, -0.25) is 10.4 Å². The van der Waals surface area contributed by atoms with Gasteiger partial charge < -0.3 is 14.2 Å². The Balaban J connectivity index is 1.39. The number of hydrogen-bond acceptors (Lipinski definition) is 8. The molecule has 5 rings (SSSR count). The van der Waals surface area contributed by atoms with Gasteiger partial charge in [-0.15, -0.1) is 10.2 Å². The van der Waals surface area contributed by atoms with E-state index in [1.54, 1.807) is 13.4 Å². The van der Waals surface area contributed by atoms with E-state index in [1.807, 2.05) is 47.9 Å². The molecule has 174 valence electrons. The average molecular weight is 457 g/mol. The van der Waals surface area contributed by atoms with E-state index < -0.39 is 0 Å². The molecule has 9 heteroatoms. The highest BCUT2D eigenvalue weighted by atomic mass is 16.5. The molecule has 0 amide bonds. The van der Waals surface area contributed by atoms with E-state index in [0.29, 0.717) is 12.3 Å². The van der Waals surface area contributed by atoms with E-state index in [9.17, 15) is 5.26 Å². The summed E-state index contributed by atoms with van der Waals surface area (Å²) in [5.41, 5.74) is 8.27. The molecular weight excluding hydrogens is 428 g/mol. The fourth-order valence-electron chi connectivity index (χ4n) is 4.58. The fraction of sp³-hybridized carbons (Fsp3) is 0.360. The van der Waals surface area contributed by atoms with Gasteiger partial charge in [0.15, 0.2) is 5.82 Å². The third-order valence-corrected chi connectivity index (χ3v) is 6.66. The van der Waals surface area contributed by atoms with Gasteiger partial charge in [-0.05, 0) is 49.2 Å². The largest absolute Gasteiger partial charge is 0.494 e. The van der Waals surface area contributed by atoms with Crippen molar-refractivity contribution in [1.82, 2.24) is 24.8 Å². The van der Waals surface area contributed by atoms with Crippen molar-refractivity contribution in [2.45, 2.75) is 26.8 Å². The van der Waals surface area contributed by atoms with Gasteiger partial charge in [0, 0.05) is 43.2 Å². The van der Waals surface area contributed by atoms with E-state index in [-0.39, 0.29) is 5.41 Å². The standard InChI is InChI=1S/C25H28N8O/c1-5-25(13-26)14-32(15-25)24-20-12-33(9-8-18(20)10-17(2)28-24)30-21-7-6-19(11-22(21)34-4)23-29-27-16-31(23)3/h6-11,16,30H,5,12,14-15H2,1-4H3. The minimum absolute atomic E-state index is 0.265. The average Bonchev–Trinajstić information content (AvgIpc) is 3.25. The lowest BCUT2D eigenvalue weighted by molar-refractivity contribution is 0.288. The summed E-state index contributed by atoms with van der Waals surface area (Å²) in [6.45, 7) is 6.18. The van der Waals surface area contributed by atoms with Crippen LogP contribution in [0.5, 0.6) is 5.75 Å². The lowest BCUT2D eigenvalue weighted by atomic mass is 9.78. The SMILES string of the molecule is CCC1(C#N)CN(c2nc(C)cc3c2CN(Nc2ccc(-c4nncn4C)cc2OC)C=C3)C1. The molecule has 2 aliphatic rings. The Morgan fingerprint density at radius 2 is 2.09 bits per heavy atom. The number of hydrogen-bond donors (Lipinski definition) is 1. The minimum atomic E-state index is -0.265. The molecule has 1 fully saturated rings. The number of nitrogens with one attached hydrogen (secondary N) is 1. The zero-order valence-corrected chi connectivity index (χ0v) is 19.9. The minimum Gasteiger partial charge on any atom is -0.494 e. The monoisotopic (exact) mass is 456 g/mol. The Hall–Kier alpha value is -4.06. The Morgan fingerprint density at radius 1 is 1.26 bits per heavy atom. The second-order valence-corrected chi connectivity index (χ2v) is 8.99. The van der Waals surface area contributed by atoms with Crippen LogP contribution >= 0.6 is 0 Å². The topological polar surface area (TPSA) is 95.1 Å². The molecule has 0 bridgehead atoms. The van der Waals surface area contributed by atoms with E-state index in [0.717, 1.165) is 59.2 Å². The van der Waals surface area contributed by atoms with Crippen LogP contribution in [-0.2, 0) is 13.6 Å². The van der Waals surface area contributed by atoms with E-state index in [2.05, 4.69) is 45.7 Å². The van der Waals surface area contributed by atoms with Gasteiger partial charge in [0.05, 0.1) is 30.8 Å². The summed E-state index contributed by atoms with van der Waals surface area (Å²) in [6, 6.07) is 10.6. The second kappa shape index (κ2) is 8.37. The molecule has 2 aliphatic heterocycles. The van der Waals surface area contributed by atoms with E-state index in [4.69, 9.17) is 9.72 Å². The van der Waals surface area contributed by atoms with Crippen molar-refractivity contribution in [2.24, 2.45) is 12.5 Å². The van der Waals surface area contributed by atoms with Gasteiger partial charge in [-0.1, -0.05) is 6.92 Å². The van der Waals surface area contributed by atoms with Gasteiger partial charge in [-0.25, -0.2) is 4.98 Å². The molecule has 34 heavy (non-hydrogen) atoms. The number of ether oxygens (including phenoxy) is 1. The smallest absolute Gasteiger partial charge is 0.163 e. The first kappa shape index (κ1) is 21.8. The number of hydrazine groups is 1.